The summed E-state index contributed by atoms with van der Waals surface area (Å²) in [6, 6.07) is 16.5. The first-order valence-corrected chi connectivity index (χ1v) is 10.1. The number of hydrogen-bond donors (Lipinski definition) is 2. The van der Waals surface area contributed by atoms with Crippen LogP contribution >= 0.6 is 0 Å². The van der Waals surface area contributed by atoms with Gasteiger partial charge in [-0.1, -0.05) is 18.2 Å². The van der Waals surface area contributed by atoms with E-state index in [-0.39, 0.29) is 18.2 Å². The van der Waals surface area contributed by atoms with Crippen molar-refractivity contribution in [2.75, 3.05) is 12.4 Å². The van der Waals surface area contributed by atoms with Crippen molar-refractivity contribution in [1.29, 1.82) is 0 Å². The van der Waals surface area contributed by atoms with Crippen LogP contribution in [0.25, 0.3) is 21.8 Å². The number of carbonyl (C=O) groups is 2. The smallest absolute Gasteiger partial charge is 0.244 e. The van der Waals surface area contributed by atoms with Crippen molar-refractivity contribution in [1.82, 2.24) is 14.5 Å². The monoisotopic (exact) mass is 424 g/mol. The molecule has 0 radical (unpaired) electrons. The van der Waals surface area contributed by atoms with Crippen molar-refractivity contribution >= 4 is 39.2 Å². The number of carbonyl (C=O) groups excluding carboxylic acids is 2. The predicted octanol–water partition coefficient (Wildman–Crippen LogP) is 4.40. The molecule has 5 aromatic rings. The number of methoxy groups -OCH3 is 1. The van der Waals surface area contributed by atoms with Crippen LogP contribution in [0.3, 0.4) is 0 Å². The van der Waals surface area contributed by atoms with Gasteiger partial charge in [0.25, 0.3) is 0 Å². The van der Waals surface area contributed by atoms with Crippen LogP contribution in [0.1, 0.15) is 15.9 Å². The van der Waals surface area contributed by atoms with E-state index < -0.39 is 0 Å². The fraction of sp³-hybridized carbons (Fsp3) is 0.0800. The molecule has 7 heteroatoms. The van der Waals surface area contributed by atoms with E-state index in [9.17, 15) is 9.59 Å². The minimum absolute atomic E-state index is 0.0532. The zero-order chi connectivity index (χ0) is 22.1. The van der Waals surface area contributed by atoms with Gasteiger partial charge in [-0.3, -0.25) is 14.6 Å². The number of aromatic nitrogens is 3. The SMILES string of the molecule is COc1ccc(C(=O)c2cn(CC(=O)Nc3c[nH]c4ccccc34)c3cnccc23)cc1. The minimum Gasteiger partial charge on any atom is -0.497 e. The number of fused-ring (bicyclic) bond motifs is 2. The van der Waals surface area contributed by atoms with Crippen LogP contribution < -0.4 is 10.1 Å². The molecule has 0 spiro atoms. The minimum atomic E-state index is -0.195. The van der Waals surface area contributed by atoms with E-state index >= 15 is 0 Å². The second kappa shape index (κ2) is 8.03. The lowest BCUT2D eigenvalue weighted by molar-refractivity contribution is -0.116. The molecule has 2 N–H and O–H groups in total. The van der Waals surface area contributed by atoms with Crippen molar-refractivity contribution < 1.29 is 14.3 Å². The molecule has 0 aliphatic rings. The predicted molar refractivity (Wildman–Crippen MR) is 123 cm³/mol. The first-order valence-electron chi connectivity index (χ1n) is 10.1. The first-order chi connectivity index (χ1) is 15.6. The molecular weight excluding hydrogens is 404 g/mol. The summed E-state index contributed by atoms with van der Waals surface area (Å²) < 4.78 is 6.93. The van der Waals surface area contributed by atoms with Crippen LogP contribution in [0.5, 0.6) is 5.75 Å². The van der Waals surface area contributed by atoms with E-state index in [0.29, 0.717) is 16.9 Å². The number of rotatable bonds is 6. The Morgan fingerprint density at radius 1 is 1.06 bits per heavy atom. The van der Waals surface area contributed by atoms with Gasteiger partial charge in [0, 0.05) is 46.0 Å². The average Bonchev–Trinajstić information content (AvgIpc) is 3.40. The first kappa shape index (κ1) is 19.6. The van der Waals surface area contributed by atoms with Gasteiger partial charge in [-0.2, -0.15) is 0 Å². The highest BCUT2D eigenvalue weighted by molar-refractivity contribution is 6.16. The van der Waals surface area contributed by atoms with Crippen LogP contribution in [0.2, 0.25) is 0 Å². The number of ketones is 1. The molecule has 3 aromatic heterocycles. The van der Waals surface area contributed by atoms with Gasteiger partial charge in [0.05, 0.1) is 24.5 Å². The zero-order valence-electron chi connectivity index (χ0n) is 17.3. The van der Waals surface area contributed by atoms with E-state index in [0.717, 1.165) is 27.5 Å². The molecular formula is C25H20N4O3. The van der Waals surface area contributed by atoms with Crippen LogP contribution in [-0.4, -0.2) is 33.3 Å². The van der Waals surface area contributed by atoms with Crippen molar-refractivity contribution in [2.24, 2.45) is 0 Å². The number of benzene rings is 2. The molecule has 0 fully saturated rings. The van der Waals surface area contributed by atoms with E-state index in [1.807, 2.05) is 24.3 Å². The number of pyridine rings is 1. The topological polar surface area (TPSA) is 89.0 Å². The lowest BCUT2D eigenvalue weighted by atomic mass is 10.0. The summed E-state index contributed by atoms with van der Waals surface area (Å²) in [6.07, 6.45) is 6.80. The van der Waals surface area contributed by atoms with Crippen LogP contribution in [-0.2, 0) is 11.3 Å². The highest BCUT2D eigenvalue weighted by atomic mass is 16.5. The Kier molecular flexibility index (Phi) is 4.91. The molecule has 3 heterocycles. The molecule has 0 bridgehead atoms. The molecule has 0 unspecified atom stereocenters. The zero-order valence-corrected chi connectivity index (χ0v) is 17.3. The van der Waals surface area contributed by atoms with Gasteiger partial charge in [-0.05, 0) is 36.4 Å². The maximum Gasteiger partial charge on any atom is 0.244 e. The quantitative estimate of drug-likeness (QED) is 0.396. The lowest BCUT2D eigenvalue weighted by Gasteiger charge is -2.06. The van der Waals surface area contributed by atoms with Crippen LogP contribution in [0.4, 0.5) is 5.69 Å². The second-order valence-electron chi connectivity index (χ2n) is 7.42. The number of H-pyrrole nitrogens is 1. The van der Waals surface area contributed by atoms with Gasteiger partial charge in [-0.25, -0.2) is 0 Å². The van der Waals surface area contributed by atoms with Gasteiger partial charge in [-0.15, -0.1) is 0 Å². The van der Waals surface area contributed by atoms with E-state index in [1.165, 1.54) is 0 Å². The normalized spacial score (nSPS) is 11.0. The Labute approximate surface area is 183 Å². The molecule has 0 aliphatic heterocycles. The maximum atomic E-state index is 13.2. The molecule has 7 nitrogen and oxygen atoms in total. The number of nitrogens with zero attached hydrogens (tertiary/aromatic N) is 2. The molecule has 158 valence electrons. The lowest BCUT2D eigenvalue weighted by Crippen LogP contribution is -2.18. The van der Waals surface area contributed by atoms with Crippen molar-refractivity contribution in [3.8, 4) is 5.75 Å². The standard InChI is InChI=1S/C25H20N4O3/c1-32-17-8-6-16(7-9-17)25(31)20-14-29(23-13-26-11-10-18(20)23)15-24(30)28-22-12-27-21-5-3-2-4-19(21)22/h2-14,27H,15H2,1H3,(H,28,30). The fourth-order valence-corrected chi connectivity index (χ4v) is 3.87. The molecule has 0 saturated carbocycles. The Bertz CT molecular complexity index is 1450. The van der Waals surface area contributed by atoms with E-state index in [2.05, 4.69) is 15.3 Å². The summed E-state index contributed by atoms with van der Waals surface area (Å²) in [6.45, 7) is 0.0532. The van der Waals surface area contributed by atoms with Gasteiger partial charge in [0.2, 0.25) is 5.91 Å². The summed E-state index contributed by atoms with van der Waals surface area (Å²) >= 11 is 0. The number of ether oxygens (including phenoxy) is 1. The van der Waals surface area contributed by atoms with Gasteiger partial charge in [0.1, 0.15) is 12.3 Å². The Morgan fingerprint density at radius 3 is 2.69 bits per heavy atom. The molecule has 0 aliphatic carbocycles. The number of anilines is 1. The third-order valence-corrected chi connectivity index (χ3v) is 5.46. The fourth-order valence-electron chi connectivity index (χ4n) is 3.87. The molecule has 0 saturated heterocycles. The Hall–Kier alpha value is -4.39. The molecule has 2 aromatic carbocycles. The van der Waals surface area contributed by atoms with Crippen molar-refractivity contribution in [3.05, 3.63) is 90.5 Å². The van der Waals surface area contributed by atoms with E-state index in [4.69, 9.17) is 4.74 Å². The van der Waals surface area contributed by atoms with Crippen LogP contribution in [0.15, 0.2) is 79.4 Å². The summed E-state index contributed by atoms with van der Waals surface area (Å²) in [4.78, 5) is 33.3. The van der Waals surface area contributed by atoms with Gasteiger partial charge >= 0.3 is 0 Å². The molecule has 32 heavy (non-hydrogen) atoms. The summed E-state index contributed by atoms with van der Waals surface area (Å²) in [7, 11) is 1.58. The third kappa shape index (κ3) is 3.50. The number of amides is 1. The Morgan fingerprint density at radius 2 is 1.88 bits per heavy atom. The maximum absolute atomic E-state index is 13.2. The number of nitrogens with one attached hydrogen (secondary N) is 2. The number of aromatic amines is 1. The summed E-state index contributed by atoms with van der Waals surface area (Å²) in [5.74, 6) is 0.362. The molecule has 5 rings (SSSR count). The molecule has 0 atom stereocenters. The highest BCUT2D eigenvalue weighted by Crippen LogP contribution is 2.25. The molecule has 1 amide bonds. The largest absolute Gasteiger partial charge is 0.497 e. The summed E-state index contributed by atoms with van der Waals surface area (Å²) in [5.41, 5.74) is 3.45. The Balaban J connectivity index is 1.44. The number of para-hydroxylation sites is 1. The highest BCUT2D eigenvalue weighted by Gasteiger charge is 2.18. The van der Waals surface area contributed by atoms with Crippen molar-refractivity contribution in [3.63, 3.8) is 0 Å². The van der Waals surface area contributed by atoms with Gasteiger partial charge in [0.15, 0.2) is 5.78 Å². The van der Waals surface area contributed by atoms with E-state index in [1.54, 1.807) is 66.8 Å². The number of hydrogen-bond acceptors (Lipinski definition) is 4. The van der Waals surface area contributed by atoms with Gasteiger partial charge < -0.3 is 19.6 Å². The summed E-state index contributed by atoms with van der Waals surface area (Å²) in [5, 5.41) is 4.64. The average molecular weight is 424 g/mol. The second-order valence-corrected chi connectivity index (χ2v) is 7.42. The third-order valence-electron chi connectivity index (χ3n) is 5.46. The van der Waals surface area contributed by atoms with Crippen molar-refractivity contribution in [2.45, 2.75) is 6.54 Å². The van der Waals surface area contributed by atoms with Crippen LogP contribution in [0, 0.1) is 0 Å².